The molecular weight excluding hydrogens is 344 g/mol. The molecule has 1 heterocycles. The number of anilines is 1. The van der Waals surface area contributed by atoms with Crippen LogP contribution in [0.4, 0.5) is 5.69 Å². The fraction of sp³-hybridized carbons (Fsp3) is 0.450. The van der Waals surface area contributed by atoms with E-state index in [4.69, 9.17) is 4.74 Å². The third-order valence-electron chi connectivity index (χ3n) is 4.69. The van der Waals surface area contributed by atoms with Gasteiger partial charge < -0.3 is 19.9 Å². The number of piperidine rings is 1. The maximum atomic E-state index is 12.6. The predicted octanol–water partition coefficient (Wildman–Crippen LogP) is 2.24. The molecule has 1 aliphatic heterocycles. The maximum absolute atomic E-state index is 12.6. The summed E-state index contributed by atoms with van der Waals surface area (Å²) in [5, 5.41) is 12.3. The first-order valence-corrected chi connectivity index (χ1v) is 9.06. The van der Waals surface area contributed by atoms with Crippen molar-refractivity contribution in [2.75, 3.05) is 39.1 Å². The Bertz CT molecular complexity index is 729. The molecule has 1 N–H and O–H groups in total. The highest BCUT2D eigenvalue weighted by Gasteiger charge is 2.25. The fourth-order valence-electron chi connectivity index (χ4n) is 2.95. The molecule has 0 atom stereocenters. The van der Waals surface area contributed by atoms with Crippen molar-refractivity contribution < 1.29 is 14.3 Å². The molecule has 0 radical (unpaired) electrons. The average Bonchev–Trinajstić information content (AvgIpc) is 2.69. The number of nitrogens with one attached hydrogen (secondary N) is 1. The number of amides is 1. The van der Waals surface area contributed by atoms with Crippen LogP contribution in [0.3, 0.4) is 0 Å². The first-order chi connectivity index (χ1) is 13.0. The Morgan fingerprint density at radius 2 is 1.96 bits per heavy atom. The van der Waals surface area contributed by atoms with Gasteiger partial charge >= 0.3 is 5.97 Å². The Morgan fingerprint density at radius 1 is 1.33 bits per heavy atom. The number of hydrogen-bond donors (Lipinski definition) is 1. The van der Waals surface area contributed by atoms with Gasteiger partial charge in [0.2, 0.25) is 0 Å². The van der Waals surface area contributed by atoms with E-state index in [0.29, 0.717) is 17.9 Å². The average molecular weight is 370 g/mol. The highest BCUT2D eigenvalue weighted by Crippen LogP contribution is 2.17. The molecule has 0 spiro atoms. The molecule has 1 fully saturated rings. The molecule has 27 heavy (non-hydrogen) atoms. The van der Waals surface area contributed by atoms with Crippen LogP contribution in [0.15, 0.2) is 36.0 Å². The van der Waals surface area contributed by atoms with Crippen LogP contribution in [0.1, 0.15) is 30.1 Å². The lowest BCUT2D eigenvalue weighted by atomic mass is 10.0. The minimum atomic E-state index is -0.382. The van der Waals surface area contributed by atoms with Gasteiger partial charge in [-0.3, -0.25) is 4.79 Å². The van der Waals surface area contributed by atoms with Crippen LogP contribution < -0.4 is 5.32 Å². The minimum Gasteiger partial charge on any atom is -0.462 e. The largest absolute Gasteiger partial charge is 0.462 e. The first-order valence-electron chi connectivity index (χ1n) is 9.06. The SMILES string of the molecule is CCOC(=O)c1ccc(N/C=C(/C#N)C(=O)N(C)C2CCN(C)CC2)cc1. The van der Waals surface area contributed by atoms with E-state index in [1.54, 1.807) is 43.1 Å². The van der Waals surface area contributed by atoms with Crippen molar-refractivity contribution in [3.63, 3.8) is 0 Å². The van der Waals surface area contributed by atoms with Crippen LogP contribution in [0.2, 0.25) is 0 Å². The smallest absolute Gasteiger partial charge is 0.338 e. The van der Waals surface area contributed by atoms with Crippen LogP contribution in [0.5, 0.6) is 0 Å². The number of esters is 1. The van der Waals surface area contributed by atoms with E-state index >= 15 is 0 Å². The summed E-state index contributed by atoms with van der Waals surface area (Å²) in [6.45, 7) is 3.96. The molecule has 1 aromatic carbocycles. The van der Waals surface area contributed by atoms with Crippen molar-refractivity contribution in [1.82, 2.24) is 9.80 Å². The van der Waals surface area contributed by atoms with Crippen molar-refractivity contribution in [2.45, 2.75) is 25.8 Å². The van der Waals surface area contributed by atoms with Gasteiger partial charge in [0, 0.05) is 25.0 Å². The second-order valence-electron chi connectivity index (χ2n) is 6.56. The standard InChI is InChI=1S/C20H26N4O3/c1-4-27-20(26)15-5-7-17(8-6-15)22-14-16(13-21)19(25)24(3)18-9-11-23(2)12-10-18/h5-8,14,18,22H,4,9-12H2,1-3H3/b16-14-. The van der Waals surface area contributed by atoms with Crippen molar-refractivity contribution in [3.05, 3.63) is 41.6 Å². The molecule has 0 unspecified atom stereocenters. The number of carbonyl (C=O) groups excluding carboxylic acids is 2. The third kappa shape index (κ3) is 5.56. The topological polar surface area (TPSA) is 85.7 Å². The van der Waals surface area contributed by atoms with Gasteiger partial charge in [0.1, 0.15) is 11.6 Å². The van der Waals surface area contributed by atoms with Gasteiger partial charge in [-0.05, 0) is 64.2 Å². The molecular formula is C20H26N4O3. The lowest BCUT2D eigenvalue weighted by molar-refractivity contribution is -0.128. The predicted molar refractivity (Wildman–Crippen MR) is 103 cm³/mol. The van der Waals surface area contributed by atoms with E-state index < -0.39 is 0 Å². The first kappa shape index (κ1) is 20.5. The number of ether oxygens (including phenoxy) is 1. The summed E-state index contributed by atoms with van der Waals surface area (Å²) >= 11 is 0. The maximum Gasteiger partial charge on any atom is 0.338 e. The van der Waals surface area contributed by atoms with E-state index in [-0.39, 0.29) is 23.5 Å². The van der Waals surface area contributed by atoms with Crippen LogP contribution in [-0.2, 0) is 9.53 Å². The Morgan fingerprint density at radius 3 is 2.52 bits per heavy atom. The lowest BCUT2D eigenvalue weighted by Gasteiger charge is -2.34. The van der Waals surface area contributed by atoms with E-state index in [0.717, 1.165) is 25.9 Å². The molecule has 7 heteroatoms. The molecule has 0 aromatic heterocycles. The monoisotopic (exact) mass is 370 g/mol. The number of likely N-dealkylation sites (tertiary alicyclic amines) is 1. The van der Waals surface area contributed by atoms with Gasteiger partial charge in [0.25, 0.3) is 5.91 Å². The zero-order chi connectivity index (χ0) is 19.8. The lowest BCUT2D eigenvalue weighted by Crippen LogP contribution is -2.44. The number of nitrogens with zero attached hydrogens (tertiary/aromatic N) is 3. The van der Waals surface area contributed by atoms with E-state index in [1.165, 1.54) is 6.20 Å². The van der Waals surface area contributed by atoms with Crippen LogP contribution >= 0.6 is 0 Å². The molecule has 1 aromatic rings. The van der Waals surface area contributed by atoms with Gasteiger partial charge in [-0.25, -0.2) is 4.79 Å². The molecule has 0 saturated carbocycles. The number of rotatable bonds is 6. The Labute approximate surface area is 160 Å². The number of nitriles is 1. The van der Waals surface area contributed by atoms with Crippen molar-refractivity contribution >= 4 is 17.6 Å². The molecule has 0 bridgehead atoms. The second kappa shape index (κ2) is 9.74. The normalized spacial score (nSPS) is 15.7. The van der Waals surface area contributed by atoms with Gasteiger partial charge in [0.05, 0.1) is 12.2 Å². The summed E-state index contributed by atoms with van der Waals surface area (Å²) in [6.07, 6.45) is 3.22. The van der Waals surface area contributed by atoms with Gasteiger partial charge in [0.15, 0.2) is 0 Å². The number of hydrogen-bond acceptors (Lipinski definition) is 6. The Balaban J connectivity index is 2.00. The highest BCUT2D eigenvalue weighted by atomic mass is 16.5. The molecule has 2 rings (SSSR count). The fourth-order valence-corrected chi connectivity index (χ4v) is 2.95. The van der Waals surface area contributed by atoms with Crippen LogP contribution in [-0.4, -0.2) is 61.5 Å². The van der Waals surface area contributed by atoms with E-state index in [2.05, 4.69) is 17.3 Å². The number of likely N-dealkylation sites (N-methyl/N-ethyl adjacent to an activating group) is 1. The number of carbonyl (C=O) groups is 2. The zero-order valence-corrected chi connectivity index (χ0v) is 16.1. The summed E-state index contributed by atoms with van der Waals surface area (Å²) < 4.78 is 4.94. The van der Waals surface area contributed by atoms with Gasteiger partial charge in [-0.15, -0.1) is 0 Å². The van der Waals surface area contributed by atoms with Crippen LogP contribution in [0, 0.1) is 11.3 Å². The van der Waals surface area contributed by atoms with Gasteiger partial charge in [-0.2, -0.15) is 5.26 Å². The zero-order valence-electron chi connectivity index (χ0n) is 16.1. The quantitative estimate of drug-likeness (QED) is 0.470. The summed E-state index contributed by atoms with van der Waals surface area (Å²) in [7, 11) is 3.81. The molecule has 1 amide bonds. The minimum absolute atomic E-state index is 0.0471. The molecule has 144 valence electrons. The summed E-state index contributed by atoms with van der Waals surface area (Å²) in [6, 6.07) is 8.78. The number of benzene rings is 1. The van der Waals surface area contributed by atoms with Crippen molar-refractivity contribution in [1.29, 1.82) is 5.26 Å². The molecule has 1 saturated heterocycles. The van der Waals surface area contributed by atoms with Gasteiger partial charge in [-0.1, -0.05) is 0 Å². The summed E-state index contributed by atoms with van der Waals surface area (Å²) in [4.78, 5) is 28.2. The third-order valence-corrected chi connectivity index (χ3v) is 4.69. The Hall–Kier alpha value is -2.85. The van der Waals surface area contributed by atoms with Crippen molar-refractivity contribution in [3.8, 4) is 6.07 Å². The van der Waals surface area contributed by atoms with E-state index in [9.17, 15) is 14.9 Å². The van der Waals surface area contributed by atoms with Crippen LogP contribution in [0.25, 0.3) is 0 Å². The summed E-state index contributed by atoms with van der Waals surface area (Å²) in [5.41, 5.74) is 1.17. The molecule has 7 nitrogen and oxygen atoms in total. The molecule has 0 aliphatic carbocycles. The second-order valence-corrected chi connectivity index (χ2v) is 6.56. The Kier molecular flexibility index (Phi) is 7.38. The summed E-state index contributed by atoms with van der Waals surface area (Å²) in [5.74, 6) is -0.671. The van der Waals surface area contributed by atoms with Crippen molar-refractivity contribution in [2.24, 2.45) is 0 Å². The molecule has 1 aliphatic rings. The van der Waals surface area contributed by atoms with E-state index in [1.807, 2.05) is 6.07 Å². The highest BCUT2D eigenvalue weighted by molar-refractivity contribution is 5.97.